The Hall–Kier alpha value is -1.39. The lowest BCUT2D eigenvalue weighted by molar-refractivity contribution is 0.564. The van der Waals surface area contributed by atoms with Crippen molar-refractivity contribution >= 4 is 11.6 Å². The number of halogens is 1. The summed E-state index contributed by atoms with van der Waals surface area (Å²) in [6.45, 7) is 9.16. The summed E-state index contributed by atoms with van der Waals surface area (Å²) in [6.07, 6.45) is 1.80. The number of aromatic nitrogens is 3. The minimum Gasteiger partial charge on any atom is -0.316 e. The lowest BCUT2D eigenvalue weighted by Crippen LogP contribution is -2.17. The van der Waals surface area contributed by atoms with Gasteiger partial charge in [0.15, 0.2) is 5.82 Å². The highest BCUT2D eigenvalue weighted by atomic mass is 35.5. The Kier molecular flexibility index (Phi) is 4.16. The van der Waals surface area contributed by atoms with E-state index in [0.717, 1.165) is 23.8 Å². The third-order valence-electron chi connectivity index (χ3n) is 3.09. The highest BCUT2D eigenvalue weighted by molar-refractivity contribution is 6.31. The Bertz CT molecular complexity index is 591. The summed E-state index contributed by atoms with van der Waals surface area (Å²) in [4.78, 5) is 4.73. The zero-order valence-corrected chi connectivity index (χ0v) is 13.4. The van der Waals surface area contributed by atoms with E-state index in [0.29, 0.717) is 5.02 Å². The fourth-order valence-corrected chi connectivity index (χ4v) is 2.07. The first-order valence-electron chi connectivity index (χ1n) is 6.69. The van der Waals surface area contributed by atoms with E-state index in [9.17, 15) is 0 Å². The molecular weight excluding hydrogens is 272 g/mol. The van der Waals surface area contributed by atoms with Crippen LogP contribution in [0.5, 0.6) is 0 Å². The first-order chi connectivity index (χ1) is 9.31. The van der Waals surface area contributed by atoms with Crippen LogP contribution >= 0.6 is 11.6 Å². The van der Waals surface area contributed by atoms with E-state index >= 15 is 0 Å². The van der Waals surface area contributed by atoms with E-state index < -0.39 is 0 Å². The number of pyridine rings is 1. The SMILES string of the molecule is CNCc1cc(-n2cc(Cl)c(C)n2)nc(C(C)(C)C)c1. The summed E-state index contributed by atoms with van der Waals surface area (Å²) in [5.74, 6) is 0.803. The van der Waals surface area contributed by atoms with E-state index in [4.69, 9.17) is 16.6 Å². The molecule has 0 unspecified atom stereocenters. The first-order valence-corrected chi connectivity index (χ1v) is 7.07. The second kappa shape index (κ2) is 5.54. The van der Waals surface area contributed by atoms with Crippen molar-refractivity contribution in [2.75, 3.05) is 7.05 Å². The zero-order chi connectivity index (χ0) is 14.9. The smallest absolute Gasteiger partial charge is 0.153 e. The Balaban J connectivity index is 2.54. The van der Waals surface area contributed by atoms with Crippen LogP contribution in [0.15, 0.2) is 18.3 Å². The molecule has 0 aliphatic heterocycles. The van der Waals surface area contributed by atoms with Gasteiger partial charge in [0.1, 0.15) is 0 Å². The maximum atomic E-state index is 6.09. The molecular formula is C15H21ClN4. The molecule has 0 fully saturated rings. The fraction of sp³-hybridized carbons (Fsp3) is 0.467. The van der Waals surface area contributed by atoms with Gasteiger partial charge >= 0.3 is 0 Å². The van der Waals surface area contributed by atoms with Crippen LogP contribution in [-0.2, 0) is 12.0 Å². The predicted molar refractivity (Wildman–Crippen MR) is 82.6 cm³/mol. The van der Waals surface area contributed by atoms with Gasteiger partial charge in [-0.1, -0.05) is 32.4 Å². The lowest BCUT2D eigenvalue weighted by atomic mass is 9.90. The van der Waals surface area contributed by atoms with Crippen molar-refractivity contribution in [1.82, 2.24) is 20.1 Å². The summed E-state index contributed by atoms with van der Waals surface area (Å²) in [5.41, 5.74) is 3.03. The average molecular weight is 293 g/mol. The molecule has 2 heterocycles. The number of hydrogen-bond donors (Lipinski definition) is 1. The average Bonchev–Trinajstić information content (AvgIpc) is 2.69. The molecule has 0 aliphatic carbocycles. The van der Waals surface area contributed by atoms with Gasteiger partial charge in [0, 0.05) is 17.7 Å². The predicted octanol–water partition coefficient (Wildman–Crippen LogP) is 3.25. The lowest BCUT2D eigenvalue weighted by Gasteiger charge is -2.20. The largest absolute Gasteiger partial charge is 0.316 e. The van der Waals surface area contributed by atoms with Crippen molar-refractivity contribution in [1.29, 1.82) is 0 Å². The quantitative estimate of drug-likeness (QED) is 0.944. The Morgan fingerprint density at radius 3 is 2.50 bits per heavy atom. The third kappa shape index (κ3) is 3.19. The van der Waals surface area contributed by atoms with Gasteiger partial charge in [-0.05, 0) is 31.7 Å². The zero-order valence-electron chi connectivity index (χ0n) is 12.7. The number of nitrogens with one attached hydrogen (secondary N) is 1. The normalized spacial score (nSPS) is 11.9. The number of rotatable bonds is 3. The van der Waals surface area contributed by atoms with Crippen LogP contribution in [-0.4, -0.2) is 21.8 Å². The number of nitrogens with zero attached hydrogens (tertiary/aromatic N) is 3. The third-order valence-corrected chi connectivity index (χ3v) is 3.47. The van der Waals surface area contributed by atoms with Crippen molar-refractivity contribution in [3.63, 3.8) is 0 Å². The van der Waals surface area contributed by atoms with Crippen LogP contribution in [0.4, 0.5) is 0 Å². The van der Waals surface area contributed by atoms with Gasteiger partial charge in [-0.15, -0.1) is 0 Å². The highest BCUT2D eigenvalue weighted by Crippen LogP contribution is 2.24. The van der Waals surface area contributed by atoms with Gasteiger partial charge in [-0.3, -0.25) is 0 Å². The van der Waals surface area contributed by atoms with E-state index in [1.54, 1.807) is 10.9 Å². The Morgan fingerprint density at radius 1 is 1.30 bits per heavy atom. The molecule has 0 spiro atoms. The van der Waals surface area contributed by atoms with E-state index in [2.05, 4.69) is 37.3 Å². The van der Waals surface area contributed by atoms with Gasteiger partial charge < -0.3 is 5.32 Å². The number of aryl methyl sites for hydroxylation is 1. The second-order valence-electron chi connectivity index (χ2n) is 6.01. The van der Waals surface area contributed by atoms with Gasteiger partial charge in [0.05, 0.1) is 16.9 Å². The summed E-state index contributed by atoms with van der Waals surface area (Å²) in [6, 6.07) is 4.17. The van der Waals surface area contributed by atoms with E-state index in [1.807, 2.05) is 20.0 Å². The molecule has 0 amide bonds. The molecule has 20 heavy (non-hydrogen) atoms. The molecule has 0 saturated carbocycles. The van der Waals surface area contributed by atoms with Crippen LogP contribution in [0, 0.1) is 6.92 Å². The Morgan fingerprint density at radius 2 is 2.00 bits per heavy atom. The molecule has 4 nitrogen and oxygen atoms in total. The second-order valence-corrected chi connectivity index (χ2v) is 6.41. The highest BCUT2D eigenvalue weighted by Gasteiger charge is 2.18. The molecule has 2 aromatic heterocycles. The van der Waals surface area contributed by atoms with Gasteiger partial charge in [0.2, 0.25) is 0 Å². The van der Waals surface area contributed by atoms with Crippen LogP contribution in [0.2, 0.25) is 5.02 Å². The first kappa shape index (κ1) is 15.0. The van der Waals surface area contributed by atoms with Gasteiger partial charge in [0.25, 0.3) is 0 Å². The van der Waals surface area contributed by atoms with Gasteiger partial charge in [-0.2, -0.15) is 5.10 Å². The summed E-state index contributed by atoms with van der Waals surface area (Å²) >= 11 is 6.09. The molecule has 2 rings (SSSR count). The fourth-order valence-electron chi connectivity index (χ4n) is 1.94. The molecule has 2 aromatic rings. The Labute approximate surface area is 125 Å². The molecule has 108 valence electrons. The molecule has 0 saturated heterocycles. The minimum atomic E-state index is -0.00943. The number of hydrogen-bond acceptors (Lipinski definition) is 3. The van der Waals surface area contributed by atoms with Crippen molar-refractivity contribution < 1.29 is 0 Å². The molecule has 0 radical (unpaired) electrons. The van der Waals surface area contributed by atoms with Crippen molar-refractivity contribution in [3.8, 4) is 5.82 Å². The summed E-state index contributed by atoms with van der Waals surface area (Å²) < 4.78 is 1.74. The molecule has 0 aromatic carbocycles. The van der Waals surface area contributed by atoms with Crippen LogP contribution in [0.1, 0.15) is 37.7 Å². The standard InChI is InChI=1S/C15H21ClN4/c1-10-12(16)9-20(19-10)14-7-11(8-17-5)6-13(18-14)15(2,3)4/h6-7,9,17H,8H2,1-5H3. The van der Waals surface area contributed by atoms with E-state index in [-0.39, 0.29) is 5.41 Å². The van der Waals surface area contributed by atoms with Crippen molar-refractivity contribution in [2.45, 2.75) is 39.7 Å². The topological polar surface area (TPSA) is 42.7 Å². The molecule has 5 heteroatoms. The van der Waals surface area contributed by atoms with Gasteiger partial charge in [-0.25, -0.2) is 9.67 Å². The van der Waals surface area contributed by atoms with E-state index in [1.165, 1.54) is 5.56 Å². The maximum Gasteiger partial charge on any atom is 0.153 e. The summed E-state index contributed by atoms with van der Waals surface area (Å²) in [5, 5.41) is 8.24. The molecule has 0 aliphatic rings. The van der Waals surface area contributed by atoms with Crippen LogP contribution in [0.3, 0.4) is 0 Å². The molecule has 0 atom stereocenters. The molecule has 1 N–H and O–H groups in total. The van der Waals surface area contributed by atoms with Crippen LogP contribution < -0.4 is 5.32 Å². The monoisotopic (exact) mass is 292 g/mol. The van der Waals surface area contributed by atoms with Crippen molar-refractivity contribution in [2.24, 2.45) is 0 Å². The minimum absolute atomic E-state index is 0.00943. The van der Waals surface area contributed by atoms with Crippen molar-refractivity contribution in [3.05, 3.63) is 40.3 Å². The molecule has 0 bridgehead atoms. The summed E-state index contributed by atoms with van der Waals surface area (Å²) in [7, 11) is 1.94. The van der Waals surface area contributed by atoms with Crippen LogP contribution in [0.25, 0.3) is 5.82 Å². The maximum absolute atomic E-state index is 6.09.